The van der Waals surface area contributed by atoms with Crippen LogP contribution in [0.25, 0.3) is 10.2 Å². The number of hydrogen-bond acceptors (Lipinski definition) is 6. The Morgan fingerprint density at radius 3 is 2.83 bits per heavy atom. The van der Waals surface area contributed by atoms with Crippen LogP contribution in [-0.4, -0.2) is 60.2 Å². The summed E-state index contributed by atoms with van der Waals surface area (Å²) >= 11 is 1.56. The second kappa shape index (κ2) is 8.65. The van der Waals surface area contributed by atoms with Gasteiger partial charge in [-0.2, -0.15) is 0 Å². The van der Waals surface area contributed by atoms with Crippen LogP contribution in [0.15, 0.2) is 30.5 Å². The molecule has 0 unspecified atom stereocenters. The molecule has 0 amide bonds. The summed E-state index contributed by atoms with van der Waals surface area (Å²) in [5.41, 5.74) is 1.81. The Morgan fingerprint density at radius 1 is 1.34 bits per heavy atom. The zero-order valence-corrected chi connectivity index (χ0v) is 18.0. The van der Waals surface area contributed by atoms with Gasteiger partial charge in [0.25, 0.3) is 0 Å². The zero-order valence-electron chi connectivity index (χ0n) is 17.2. The number of ether oxygens (including phenoxy) is 2. The molecule has 29 heavy (non-hydrogen) atoms. The van der Waals surface area contributed by atoms with E-state index in [1.165, 1.54) is 5.69 Å². The molecule has 1 aliphatic rings. The lowest BCUT2D eigenvalue weighted by molar-refractivity contribution is 0.0422. The van der Waals surface area contributed by atoms with Crippen LogP contribution in [0.5, 0.6) is 5.88 Å². The number of fused-ring (bicyclic) bond motifs is 1. The molecular formula is C22H27N3O3S. The van der Waals surface area contributed by atoms with Gasteiger partial charge < -0.3 is 18.9 Å². The van der Waals surface area contributed by atoms with Crippen molar-refractivity contribution in [2.75, 3.05) is 33.9 Å². The van der Waals surface area contributed by atoms with Crippen LogP contribution in [-0.2, 0) is 11.3 Å². The van der Waals surface area contributed by atoms with Crippen LogP contribution in [0.4, 0.5) is 0 Å². The molecule has 4 rings (SSSR count). The van der Waals surface area contributed by atoms with Gasteiger partial charge in [-0.15, -0.1) is 11.3 Å². The summed E-state index contributed by atoms with van der Waals surface area (Å²) in [7, 11) is 3.77. The summed E-state index contributed by atoms with van der Waals surface area (Å²) in [4.78, 5) is 21.4. The smallest absolute Gasteiger partial charge is 0.212 e. The fourth-order valence-corrected chi connectivity index (χ4v) is 5.09. The van der Waals surface area contributed by atoms with Gasteiger partial charge in [0.05, 0.1) is 12.0 Å². The van der Waals surface area contributed by atoms with Crippen molar-refractivity contribution in [1.29, 1.82) is 0 Å². The molecule has 154 valence electrons. The number of hydrogen-bond donors (Lipinski definition) is 0. The fourth-order valence-electron chi connectivity index (χ4n) is 3.91. The average Bonchev–Trinajstić information content (AvgIpc) is 3.29. The summed E-state index contributed by atoms with van der Waals surface area (Å²) < 4.78 is 12.9. The van der Waals surface area contributed by atoms with Gasteiger partial charge >= 0.3 is 0 Å². The maximum absolute atomic E-state index is 12.9. The van der Waals surface area contributed by atoms with E-state index in [-0.39, 0.29) is 5.78 Å². The molecule has 0 N–H and O–H groups in total. The zero-order chi connectivity index (χ0) is 20.4. The molecular weight excluding hydrogens is 386 g/mol. The normalized spacial score (nSPS) is 15.3. The van der Waals surface area contributed by atoms with E-state index in [0.717, 1.165) is 54.2 Å². The highest BCUT2D eigenvalue weighted by atomic mass is 32.1. The van der Waals surface area contributed by atoms with Gasteiger partial charge in [0.15, 0.2) is 0 Å². The predicted octanol–water partition coefficient (Wildman–Crippen LogP) is 3.76. The summed E-state index contributed by atoms with van der Waals surface area (Å²) in [6.45, 7) is 5.76. The van der Waals surface area contributed by atoms with Crippen LogP contribution in [0.2, 0.25) is 0 Å². The Labute approximate surface area is 175 Å². The molecule has 4 heterocycles. The SMILES string of the molecule is COc1ccc(C(=O)c2cc3cc(C)n(CCN(C)C4CCOCC4)c3s2)cn1. The first-order chi connectivity index (χ1) is 14.1. The Balaban J connectivity index is 1.50. The Morgan fingerprint density at radius 2 is 2.14 bits per heavy atom. The van der Waals surface area contributed by atoms with Gasteiger partial charge in [-0.3, -0.25) is 4.79 Å². The van der Waals surface area contributed by atoms with Gasteiger partial charge in [-0.1, -0.05) is 0 Å². The fraction of sp³-hybridized carbons (Fsp3) is 0.455. The molecule has 0 radical (unpaired) electrons. The molecule has 0 saturated carbocycles. The van der Waals surface area contributed by atoms with E-state index in [0.29, 0.717) is 17.5 Å². The number of carbonyl (C=O) groups excluding carboxylic acids is 1. The highest BCUT2D eigenvalue weighted by Gasteiger charge is 2.20. The minimum absolute atomic E-state index is 0.00452. The van der Waals surface area contributed by atoms with E-state index in [4.69, 9.17) is 9.47 Å². The average molecular weight is 414 g/mol. The third-order valence-electron chi connectivity index (χ3n) is 5.70. The quantitative estimate of drug-likeness (QED) is 0.552. The van der Waals surface area contributed by atoms with E-state index >= 15 is 0 Å². The second-order valence-corrected chi connectivity index (χ2v) is 8.58. The topological polar surface area (TPSA) is 56.6 Å². The number of aromatic nitrogens is 2. The van der Waals surface area contributed by atoms with Crippen LogP contribution < -0.4 is 4.74 Å². The van der Waals surface area contributed by atoms with Crippen LogP contribution in [0.1, 0.15) is 33.8 Å². The van der Waals surface area contributed by atoms with Gasteiger partial charge in [-0.25, -0.2) is 4.98 Å². The molecule has 1 saturated heterocycles. The van der Waals surface area contributed by atoms with Crippen molar-refractivity contribution < 1.29 is 14.3 Å². The predicted molar refractivity (Wildman–Crippen MR) is 115 cm³/mol. The van der Waals surface area contributed by atoms with Crippen molar-refractivity contribution >= 4 is 27.3 Å². The first kappa shape index (κ1) is 20.1. The third kappa shape index (κ3) is 4.22. The van der Waals surface area contributed by atoms with Crippen molar-refractivity contribution in [3.8, 4) is 5.88 Å². The van der Waals surface area contributed by atoms with E-state index in [1.54, 1.807) is 36.8 Å². The van der Waals surface area contributed by atoms with E-state index < -0.39 is 0 Å². The number of aryl methyl sites for hydroxylation is 1. The number of carbonyl (C=O) groups is 1. The number of rotatable bonds is 7. The van der Waals surface area contributed by atoms with Crippen molar-refractivity contribution in [1.82, 2.24) is 14.5 Å². The Kier molecular flexibility index (Phi) is 5.99. The molecule has 7 heteroatoms. The summed E-state index contributed by atoms with van der Waals surface area (Å²) in [6, 6.07) is 8.25. The number of thiophene rings is 1. The highest BCUT2D eigenvalue weighted by Crippen LogP contribution is 2.30. The molecule has 1 aliphatic heterocycles. The van der Waals surface area contributed by atoms with E-state index in [2.05, 4.69) is 34.5 Å². The minimum Gasteiger partial charge on any atom is -0.481 e. The molecule has 1 fully saturated rings. The van der Waals surface area contributed by atoms with Gasteiger partial charge in [0.2, 0.25) is 11.7 Å². The standard InChI is InChI=1S/C22H27N3O3S/c1-15-12-17-13-19(21(26)16-4-5-20(27-3)23-14-16)29-22(17)25(15)9-8-24(2)18-6-10-28-11-7-18/h4-5,12-14,18H,6-11H2,1-3H3. The molecule has 3 aromatic heterocycles. The maximum atomic E-state index is 12.9. The molecule has 6 nitrogen and oxygen atoms in total. The number of methoxy groups -OCH3 is 1. The number of ketones is 1. The molecule has 0 atom stereocenters. The molecule has 0 bridgehead atoms. The lowest BCUT2D eigenvalue weighted by Gasteiger charge is -2.31. The molecule has 0 aromatic carbocycles. The van der Waals surface area contributed by atoms with Crippen LogP contribution in [0.3, 0.4) is 0 Å². The Bertz CT molecular complexity index is 987. The Hall–Kier alpha value is -2.22. The number of likely N-dealkylation sites (N-methyl/N-ethyl adjacent to an activating group) is 1. The lowest BCUT2D eigenvalue weighted by atomic mass is 10.1. The summed E-state index contributed by atoms with van der Waals surface area (Å²) in [5, 5.41) is 1.13. The molecule has 0 aliphatic carbocycles. The van der Waals surface area contributed by atoms with E-state index in [9.17, 15) is 4.79 Å². The van der Waals surface area contributed by atoms with Crippen molar-refractivity contribution in [2.45, 2.75) is 32.4 Å². The van der Waals surface area contributed by atoms with Crippen LogP contribution >= 0.6 is 11.3 Å². The monoisotopic (exact) mass is 413 g/mol. The summed E-state index contributed by atoms with van der Waals surface area (Å²) in [6.07, 6.45) is 3.78. The number of pyridine rings is 1. The number of nitrogens with zero attached hydrogens (tertiary/aromatic N) is 3. The first-order valence-electron chi connectivity index (χ1n) is 9.99. The summed E-state index contributed by atoms with van der Waals surface area (Å²) in [5.74, 6) is 0.512. The van der Waals surface area contributed by atoms with Crippen LogP contribution in [0, 0.1) is 6.92 Å². The van der Waals surface area contributed by atoms with Crippen molar-refractivity contribution in [2.24, 2.45) is 0 Å². The van der Waals surface area contributed by atoms with Crippen molar-refractivity contribution in [3.63, 3.8) is 0 Å². The first-order valence-corrected chi connectivity index (χ1v) is 10.8. The highest BCUT2D eigenvalue weighted by molar-refractivity contribution is 7.20. The lowest BCUT2D eigenvalue weighted by Crippen LogP contribution is -2.38. The molecule has 0 spiro atoms. The van der Waals surface area contributed by atoms with Gasteiger partial charge in [0, 0.05) is 61.3 Å². The minimum atomic E-state index is 0.00452. The second-order valence-electron chi connectivity index (χ2n) is 7.55. The molecule has 3 aromatic rings. The third-order valence-corrected chi connectivity index (χ3v) is 6.87. The van der Waals surface area contributed by atoms with Crippen molar-refractivity contribution in [3.05, 3.63) is 46.6 Å². The maximum Gasteiger partial charge on any atom is 0.212 e. The van der Waals surface area contributed by atoms with Gasteiger partial charge in [0.1, 0.15) is 4.83 Å². The largest absolute Gasteiger partial charge is 0.481 e. The van der Waals surface area contributed by atoms with E-state index in [1.807, 2.05) is 6.07 Å². The van der Waals surface area contributed by atoms with Gasteiger partial charge in [-0.05, 0) is 45.0 Å².